The lowest BCUT2D eigenvalue weighted by molar-refractivity contribution is -0.139. The highest BCUT2D eigenvalue weighted by Gasteiger charge is 2.43. The molecule has 0 aliphatic carbocycles. The van der Waals surface area contributed by atoms with Gasteiger partial charge in [0.2, 0.25) is 0 Å². The fraction of sp³-hybridized carbons (Fsp3) is 0.250. The molecule has 26 heavy (non-hydrogen) atoms. The lowest BCUT2D eigenvalue weighted by atomic mass is 10.0. The zero-order valence-corrected chi connectivity index (χ0v) is 16.0. The van der Waals surface area contributed by atoms with E-state index >= 15 is 0 Å². The van der Waals surface area contributed by atoms with Crippen molar-refractivity contribution in [2.24, 2.45) is 5.92 Å². The molecule has 6 heteroatoms. The summed E-state index contributed by atoms with van der Waals surface area (Å²) in [5, 5.41) is 0. The number of hydrogen-bond acceptors (Lipinski definition) is 4. The van der Waals surface area contributed by atoms with E-state index in [-0.39, 0.29) is 5.92 Å². The molecule has 0 fully saturated rings. The van der Waals surface area contributed by atoms with E-state index in [1.807, 2.05) is 13.8 Å². The van der Waals surface area contributed by atoms with Gasteiger partial charge in [0.15, 0.2) is 0 Å². The largest absolute Gasteiger partial charge is 0.425 e. The summed E-state index contributed by atoms with van der Waals surface area (Å²) in [4.78, 5) is 39.3. The summed E-state index contributed by atoms with van der Waals surface area (Å²) in [5.74, 6) is -1.06. The Morgan fingerprint density at radius 1 is 1.00 bits per heavy atom. The Kier molecular flexibility index (Phi) is 5.23. The van der Waals surface area contributed by atoms with Crippen molar-refractivity contribution in [1.82, 2.24) is 4.90 Å². The molecule has 0 spiro atoms. The highest BCUT2D eigenvalue weighted by Crippen LogP contribution is 2.28. The molecule has 0 unspecified atom stereocenters. The van der Waals surface area contributed by atoms with Crippen LogP contribution in [0.4, 0.5) is 0 Å². The van der Waals surface area contributed by atoms with Crippen molar-refractivity contribution in [3.05, 3.63) is 64.1 Å². The third kappa shape index (κ3) is 3.55. The molecule has 2 amide bonds. The molecule has 5 nitrogen and oxygen atoms in total. The quantitative estimate of drug-likeness (QED) is 0.419. The topological polar surface area (TPSA) is 63.7 Å². The third-order valence-corrected chi connectivity index (χ3v) is 4.66. The normalized spacial score (nSPS) is 14.5. The fourth-order valence-electron chi connectivity index (χ4n) is 2.93. The molecular weight excluding hydrogens is 398 g/mol. The highest BCUT2D eigenvalue weighted by atomic mass is 79.9. The van der Waals surface area contributed by atoms with Crippen LogP contribution < -0.4 is 4.74 Å². The van der Waals surface area contributed by atoms with Gasteiger partial charge < -0.3 is 4.74 Å². The van der Waals surface area contributed by atoms with Crippen molar-refractivity contribution in [2.45, 2.75) is 26.3 Å². The summed E-state index contributed by atoms with van der Waals surface area (Å²) >= 11 is 3.32. The van der Waals surface area contributed by atoms with E-state index in [4.69, 9.17) is 4.74 Å². The Morgan fingerprint density at radius 2 is 1.54 bits per heavy atom. The van der Waals surface area contributed by atoms with Crippen LogP contribution in [-0.4, -0.2) is 28.7 Å². The maximum absolute atomic E-state index is 12.8. The number of esters is 1. The summed E-state index contributed by atoms with van der Waals surface area (Å²) in [5.41, 5.74) is 0.644. The van der Waals surface area contributed by atoms with Gasteiger partial charge in [-0.05, 0) is 48.7 Å². The van der Waals surface area contributed by atoms with Crippen LogP contribution in [0, 0.1) is 5.92 Å². The first-order valence-corrected chi connectivity index (χ1v) is 9.12. The molecule has 0 saturated heterocycles. The molecule has 0 N–H and O–H groups in total. The average molecular weight is 416 g/mol. The van der Waals surface area contributed by atoms with Gasteiger partial charge in [0.25, 0.3) is 11.8 Å². The zero-order valence-electron chi connectivity index (χ0n) is 14.4. The fourth-order valence-corrected chi connectivity index (χ4v) is 3.20. The number of benzene rings is 2. The molecule has 1 heterocycles. The van der Waals surface area contributed by atoms with Crippen LogP contribution in [0.2, 0.25) is 0 Å². The van der Waals surface area contributed by atoms with Crippen molar-refractivity contribution in [3.8, 4) is 5.75 Å². The number of ether oxygens (including phenoxy) is 1. The van der Waals surface area contributed by atoms with E-state index < -0.39 is 23.8 Å². The number of rotatable bonds is 5. The number of halogens is 1. The van der Waals surface area contributed by atoms with Crippen LogP contribution in [0.3, 0.4) is 0 Å². The van der Waals surface area contributed by atoms with Crippen molar-refractivity contribution in [1.29, 1.82) is 0 Å². The Bertz CT molecular complexity index is 825. The monoisotopic (exact) mass is 415 g/mol. The smallest absolute Gasteiger partial charge is 0.334 e. The molecule has 0 radical (unpaired) electrons. The zero-order chi connectivity index (χ0) is 18.8. The Balaban J connectivity index is 1.89. The van der Waals surface area contributed by atoms with Crippen LogP contribution in [0.25, 0.3) is 0 Å². The number of fused-ring (bicyclic) bond motifs is 1. The molecule has 1 aliphatic heterocycles. The van der Waals surface area contributed by atoms with Gasteiger partial charge in [-0.2, -0.15) is 0 Å². The third-order valence-electron chi connectivity index (χ3n) is 4.14. The first-order chi connectivity index (χ1) is 12.4. The number of carbonyl (C=O) groups excluding carboxylic acids is 3. The second-order valence-electron chi connectivity index (χ2n) is 6.55. The van der Waals surface area contributed by atoms with E-state index in [0.717, 1.165) is 9.37 Å². The van der Waals surface area contributed by atoms with E-state index in [0.29, 0.717) is 23.3 Å². The second-order valence-corrected chi connectivity index (χ2v) is 7.46. The van der Waals surface area contributed by atoms with Crippen LogP contribution in [0.15, 0.2) is 53.0 Å². The molecule has 134 valence electrons. The minimum Gasteiger partial charge on any atom is -0.425 e. The van der Waals surface area contributed by atoms with Crippen LogP contribution in [-0.2, 0) is 4.79 Å². The lowest BCUT2D eigenvalue weighted by Crippen LogP contribution is -2.47. The Labute approximate surface area is 160 Å². The first kappa shape index (κ1) is 18.3. The molecule has 0 aromatic heterocycles. The molecule has 3 rings (SSSR count). The van der Waals surface area contributed by atoms with Gasteiger partial charge in [-0.3, -0.25) is 14.5 Å². The number of nitrogens with zero attached hydrogens (tertiary/aromatic N) is 1. The maximum atomic E-state index is 12.8. The maximum Gasteiger partial charge on any atom is 0.334 e. The molecule has 1 atom stereocenters. The van der Waals surface area contributed by atoms with Gasteiger partial charge in [0, 0.05) is 4.47 Å². The SMILES string of the molecule is CC(C)C[C@@H](C(=O)Oc1ccc(Br)cc1)N1C(=O)c2ccccc2C1=O. The van der Waals surface area contributed by atoms with Crippen LogP contribution in [0.1, 0.15) is 41.0 Å². The van der Waals surface area contributed by atoms with Crippen LogP contribution >= 0.6 is 15.9 Å². The van der Waals surface area contributed by atoms with Gasteiger partial charge in [-0.1, -0.05) is 41.9 Å². The summed E-state index contributed by atoms with van der Waals surface area (Å²) in [6.45, 7) is 3.86. The Hall–Kier alpha value is -2.47. The predicted molar refractivity (Wildman–Crippen MR) is 100.0 cm³/mol. The van der Waals surface area contributed by atoms with E-state index in [1.165, 1.54) is 0 Å². The Morgan fingerprint density at radius 3 is 2.04 bits per heavy atom. The number of hydrogen-bond donors (Lipinski definition) is 0. The number of amides is 2. The van der Waals surface area contributed by atoms with Crippen molar-refractivity contribution < 1.29 is 19.1 Å². The lowest BCUT2D eigenvalue weighted by Gasteiger charge is -2.25. The molecule has 0 bridgehead atoms. The molecular formula is C20H18BrNO4. The minimum atomic E-state index is -0.967. The molecule has 2 aromatic rings. The molecule has 0 saturated carbocycles. The van der Waals surface area contributed by atoms with E-state index in [2.05, 4.69) is 15.9 Å². The second kappa shape index (κ2) is 7.41. The first-order valence-electron chi connectivity index (χ1n) is 8.32. The van der Waals surface area contributed by atoms with Crippen LogP contribution in [0.5, 0.6) is 5.75 Å². The van der Waals surface area contributed by atoms with Crippen molar-refractivity contribution in [3.63, 3.8) is 0 Å². The van der Waals surface area contributed by atoms with E-state index in [9.17, 15) is 14.4 Å². The summed E-state index contributed by atoms with van der Waals surface area (Å²) in [6, 6.07) is 12.4. The van der Waals surface area contributed by atoms with Crippen molar-refractivity contribution >= 4 is 33.7 Å². The highest BCUT2D eigenvalue weighted by molar-refractivity contribution is 9.10. The minimum absolute atomic E-state index is 0.0989. The van der Waals surface area contributed by atoms with Gasteiger partial charge >= 0.3 is 5.97 Å². The standard InChI is InChI=1S/C20H18BrNO4/c1-12(2)11-17(20(25)26-14-9-7-13(21)8-10-14)22-18(23)15-5-3-4-6-16(15)19(22)24/h3-10,12,17H,11H2,1-2H3/t17-/m0/s1. The summed E-state index contributed by atoms with van der Waals surface area (Å²) < 4.78 is 6.29. The van der Waals surface area contributed by atoms with Gasteiger partial charge in [-0.15, -0.1) is 0 Å². The van der Waals surface area contributed by atoms with Gasteiger partial charge in [0.1, 0.15) is 11.8 Å². The number of carbonyl (C=O) groups is 3. The average Bonchev–Trinajstić information content (AvgIpc) is 2.86. The predicted octanol–water partition coefficient (Wildman–Crippen LogP) is 4.07. The van der Waals surface area contributed by atoms with Gasteiger partial charge in [-0.25, -0.2) is 4.79 Å². The number of imide groups is 1. The van der Waals surface area contributed by atoms with Gasteiger partial charge in [0.05, 0.1) is 11.1 Å². The van der Waals surface area contributed by atoms with E-state index in [1.54, 1.807) is 48.5 Å². The molecule has 2 aromatic carbocycles. The summed E-state index contributed by atoms with van der Waals surface area (Å²) in [6.07, 6.45) is 0.334. The summed E-state index contributed by atoms with van der Waals surface area (Å²) in [7, 11) is 0. The van der Waals surface area contributed by atoms with Crippen molar-refractivity contribution in [2.75, 3.05) is 0 Å². The molecule has 1 aliphatic rings.